The highest BCUT2D eigenvalue weighted by atomic mass is 16.7. The molecule has 2 aliphatic rings. The number of aliphatic hydroxyl groups excluding tert-OH is 1. The fourth-order valence-corrected chi connectivity index (χ4v) is 3.49. The molecule has 2 rings (SSSR count). The summed E-state index contributed by atoms with van der Waals surface area (Å²) in [6.45, 7) is 3.72. The SMILES string of the molecule is CCCCCC1COC(C2CCC(OC(=O)CCO)CC2)OC1. The molecule has 5 nitrogen and oxygen atoms in total. The molecule has 0 aromatic heterocycles. The van der Waals surface area contributed by atoms with Crippen molar-refractivity contribution in [1.29, 1.82) is 0 Å². The van der Waals surface area contributed by atoms with Crippen LogP contribution in [-0.4, -0.2) is 43.3 Å². The molecule has 5 heteroatoms. The first-order valence-corrected chi connectivity index (χ1v) is 9.26. The van der Waals surface area contributed by atoms with Crippen molar-refractivity contribution in [2.45, 2.75) is 77.1 Å². The summed E-state index contributed by atoms with van der Waals surface area (Å²) >= 11 is 0. The Balaban J connectivity index is 1.62. The first-order valence-electron chi connectivity index (χ1n) is 9.26. The average Bonchev–Trinajstić information content (AvgIpc) is 2.57. The van der Waals surface area contributed by atoms with Crippen molar-refractivity contribution < 1.29 is 24.1 Å². The third-order valence-corrected chi connectivity index (χ3v) is 4.93. The Morgan fingerprint density at radius 1 is 1.13 bits per heavy atom. The highest BCUT2D eigenvalue weighted by molar-refractivity contribution is 5.69. The van der Waals surface area contributed by atoms with Crippen molar-refractivity contribution >= 4 is 5.97 Å². The zero-order valence-electron chi connectivity index (χ0n) is 14.4. The summed E-state index contributed by atoms with van der Waals surface area (Å²) in [5, 5.41) is 8.73. The minimum Gasteiger partial charge on any atom is -0.462 e. The Labute approximate surface area is 139 Å². The van der Waals surface area contributed by atoms with Crippen molar-refractivity contribution in [3.8, 4) is 0 Å². The quantitative estimate of drug-likeness (QED) is 0.548. The van der Waals surface area contributed by atoms with Crippen LogP contribution in [0.3, 0.4) is 0 Å². The normalized spacial score (nSPS) is 31.7. The minimum atomic E-state index is -0.295. The third kappa shape index (κ3) is 6.40. The van der Waals surface area contributed by atoms with E-state index in [9.17, 15) is 4.79 Å². The summed E-state index contributed by atoms with van der Waals surface area (Å²) in [6.07, 6.45) is 8.70. The van der Waals surface area contributed by atoms with E-state index < -0.39 is 0 Å². The molecule has 1 saturated heterocycles. The minimum absolute atomic E-state index is 0.00400. The van der Waals surface area contributed by atoms with Crippen LogP contribution >= 0.6 is 0 Å². The Morgan fingerprint density at radius 2 is 1.83 bits per heavy atom. The van der Waals surface area contributed by atoms with Gasteiger partial charge < -0.3 is 19.3 Å². The van der Waals surface area contributed by atoms with Crippen molar-refractivity contribution in [2.24, 2.45) is 11.8 Å². The third-order valence-electron chi connectivity index (χ3n) is 4.93. The van der Waals surface area contributed by atoms with Gasteiger partial charge in [-0.05, 0) is 32.1 Å². The summed E-state index contributed by atoms with van der Waals surface area (Å²) in [5.74, 6) is 0.670. The fourth-order valence-electron chi connectivity index (χ4n) is 3.49. The van der Waals surface area contributed by atoms with Crippen LogP contribution < -0.4 is 0 Å². The predicted molar refractivity (Wildman–Crippen MR) is 86.9 cm³/mol. The number of carbonyl (C=O) groups excluding carboxylic acids is 1. The molecule has 0 radical (unpaired) electrons. The monoisotopic (exact) mass is 328 g/mol. The Bertz CT molecular complexity index is 330. The summed E-state index contributed by atoms with van der Waals surface area (Å²) in [7, 11) is 0. The van der Waals surface area contributed by atoms with Gasteiger partial charge >= 0.3 is 5.97 Å². The molecule has 0 unspecified atom stereocenters. The fraction of sp³-hybridized carbons (Fsp3) is 0.944. The molecule has 1 aliphatic carbocycles. The molecule has 0 aromatic rings. The number of hydrogen-bond donors (Lipinski definition) is 1. The zero-order chi connectivity index (χ0) is 16.5. The van der Waals surface area contributed by atoms with Crippen LogP contribution in [-0.2, 0) is 19.0 Å². The van der Waals surface area contributed by atoms with Crippen LogP contribution in [0, 0.1) is 11.8 Å². The molecule has 1 N–H and O–H groups in total. The van der Waals surface area contributed by atoms with Gasteiger partial charge in [0, 0.05) is 11.8 Å². The van der Waals surface area contributed by atoms with Gasteiger partial charge in [0.15, 0.2) is 6.29 Å². The van der Waals surface area contributed by atoms with E-state index in [-0.39, 0.29) is 31.4 Å². The molecule has 0 bridgehead atoms. The molecule has 23 heavy (non-hydrogen) atoms. The second-order valence-electron chi connectivity index (χ2n) is 6.90. The molecule has 1 saturated carbocycles. The Morgan fingerprint density at radius 3 is 2.43 bits per heavy atom. The van der Waals surface area contributed by atoms with Crippen LogP contribution in [0.4, 0.5) is 0 Å². The standard InChI is InChI=1S/C18H32O5/c1-2-3-4-5-14-12-21-18(22-13-14)15-6-8-16(9-7-15)23-17(20)10-11-19/h14-16,18-19H,2-13H2,1H3. The maximum Gasteiger partial charge on any atom is 0.308 e. The molecule has 1 aliphatic heterocycles. The lowest BCUT2D eigenvalue weighted by molar-refractivity contribution is -0.231. The highest BCUT2D eigenvalue weighted by Gasteiger charge is 2.33. The van der Waals surface area contributed by atoms with Gasteiger partial charge in [-0.15, -0.1) is 0 Å². The first-order chi connectivity index (χ1) is 11.2. The van der Waals surface area contributed by atoms with Gasteiger partial charge in [0.05, 0.1) is 26.2 Å². The highest BCUT2D eigenvalue weighted by Crippen LogP contribution is 2.33. The van der Waals surface area contributed by atoms with E-state index in [1.807, 2.05) is 0 Å². The van der Waals surface area contributed by atoms with E-state index >= 15 is 0 Å². The second-order valence-corrected chi connectivity index (χ2v) is 6.90. The van der Waals surface area contributed by atoms with Crippen LogP contribution in [0.2, 0.25) is 0 Å². The molecule has 0 amide bonds. The maximum atomic E-state index is 11.4. The molecular formula is C18H32O5. The molecule has 0 spiro atoms. The van der Waals surface area contributed by atoms with E-state index in [1.54, 1.807) is 0 Å². The predicted octanol–water partition coefficient (Wildman–Crippen LogP) is 3.04. The molecule has 2 fully saturated rings. The van der Waals surface area contributed by atoms with Gasteiger partial charge in [0.2, 0.25) is 0 Å². The van der Waals surface area contributed by atoms with Crippen molar-refractivity contribution in [3.05, 3.63) is 0 Å². The van der Waals surface area contributed by atoms with E-state index in [0.29, 0.717) is 11.8 Å². The number of ether oxygens (including phenoxy) is 3. The lowest BCUT2D eigenvalue weighted by Crippen LogP contribution is -2.39. The molecule has 0 atom stereocenters. The summed E-state index contributed by atoms with van der Waals surface area (Å²) in [4.78, 5) is 11.4. The van der Waals surface area contributed by atoms with Crippen LogP contribution in [0.5, 0.6) is 0 Å². The number of carbonyl (C=O) groups is 1. The van der Waals surface area contributed by atoms with E-state index in [4.69, 9.17) is 19.3 Å². The van der Waals surface area contributed by atoms with E-state index in [2.05, 4.69) is 6.92 Å². The zero-order valence-corrected chi connectivity index (χ0v) is 14.4. The Hall–Kier alpha value is -0.650. The number of hydrogen-bond acceptors (Lipinski definition) is 5. The molecule has 1 heterocycles. The smallest absolute Gasteiger partial charge is 0.308 e. The summed E-state index contributed by atoms with van der Waals surface area (Å²) < 4.78 is 17.3. The van der Waals surface area contributed by atoms with E-state index in [1.165, 1.54) is 25.7 Å². The van der Waals surface area contributed by atoms with Crippen LogP contribution in [0.15, 0.2) is 0 Å². The number of esters is 1. The number of rotatable bonds is 8. The van der Waals surface area contributed by atoms with Crippen molar-refractivity contribution in [2.75, 3.05) is 19.8 Å². The lowest BCUT2D eigenvalue weighted by Gasteiger charge is -2.37. The Kier molecular flexibility index (Phi) is 8.34. The van der Waals surface area contributed by atoms with Gasteiger partial charge in [0.1, 0.15) is 6.10 Å². The van der Waals surface area contributed by atoms with Crippen LogP contribution in [0.25, 0.3) is 0 Å². The first kappa shape index (κ1) is 18.7. The second kappa shape index (κ2) is 10.3. The van der Waals surface area contributed by atoms with Gasteiger partial charge in [-0.25, -0.2) is 0 Å². The van der Waals surface area contributed by atoms with Gasteiger partial charge in [0.25, 0.3) is 0 Å². The molecule has 134 valence electrons. The van der Waals surface area contributed by atoms with Crippen molar-refractivity contribution in [3.63, 3.8) is 0 Å². The van der Waals surface area contributed by atoms with Gasteiger partial charge in [-0.2, -0.15) is 0 Å². The average molecular weight is 328 g/mol. The molecular weight excluding hydrogens is 296 g/mol. The topological polar surface area (TPSA) is 65.0 Å². The number of aliphatic hydroxyl groups is 1. The van der Waals surface area contributed by atoms with E-state index in [0.717, 1.165) is 38.9 Å². The van der Waals surface area contributed by atoms with Crippen LogP contribution in [0.1, 0.15) is 64.7 Å². The largest absolute Gasteiger partial charge is 0.462 e. The number of unbranched alkanes of at least 4 members (excludes halogenated alkanes) is 2. The summed E-state index contributed by atoms with van der Waals surface area (Å²) in [6, 6.07) is 0. The summed E-state index contributed by atoms with van der Waals surface area (Å²) in [5.41, 5.74) is 0. The lowest BCUT2D eigenvalue weighted by atomic mass is 9.86. The van der Waals surface area contributed by atoms with Gasteiger partial charge in [-0.3, -0.25) is 4.79 Å². The maximum absolute atomic E-state index is 11.4. The van der Waals surface area contributed by atoms with Crippen molar-refractivity contribution in [1.82, 2.24) is 0 Å². The van der Waals surface area contributed by atoms with Gasteiger partial charge in [-0.1, -0.05) is 26.2 Å². The molecule has 0 aromatic carbocycles.